The van der Waals surface area contributed by atoms with E-state index >= 15 is 0 Å². The van der Waals surface area contributed by atoms with Crippen molar-refractivity contribution in [1.82, 2.24) is 0 Å². The van der Waals surface area contributed by atoms with Gasteiger partial charge >= 0.3 is 0 Å². The van der Waals surface area contributed by atoms with Gasteiger partial charge in [-0.1, -0.05) is 50.2 Å². The lowest BCUT2D eigenvalue weighted by Gasteiger charge is -2.28. The topological polar surface area (TPSA) is 67.9 Å². The van der Waals surface area contributed by atoms with Gasteiger partial charge in [0, 0.05) is 0 Å². The first-order chi connectivity index (χ1) is 11.2. The third kappa shape index (κ3) is 4.51. The summed E-state index contributed by atoms with van der Waals surface area (Å²) in [5.74, 6) is 1.04. The van der Waals surface area contributed by atoms with Crippen LogP contribution in [0.4, 0.5) is 5.69 Å². The van der Waals surface area contributed by atoms with Crippen molar-refractivity contribution in [2.75, 3.05) is 17.4 Å². The average molecular weight is 333 g/mol. The van der Waals surface area contributed by atoms with Gasteiger partial charge in [0.05, 0.1) is 12.3 Å². The van der Waals surface area contributed by atoms with Crippen LogP contribution in [-0.2, 0) is 9.53 Å². The minimum Gasteiger partial charge on any atom is -0.478 e. The quantitative estimate of drug-likeness (QED) is 0.775. The Balaban J connectivity index is 2.27. The van der Waals surface area contributed by atoms with Crippen molar-refractivity contribution in [1.29, 1.82) is 0 Å². The summed E-state index contributed by atoms with van der Waals surface area (Å²) in [5.41, 5.74) is 6.88. The maximum atomic E-state index is 12.2. The van der Waals surface area contributed by atoms with Gasteiger partial charge < -0.3 is 10.5 Å². The van der Waals surface area contributed by atoms with Crippen molar-refractivity contribution in [2.24, 2.45) is 16.8 Å². The predicted molar refractivity (Wildman–Crippen MR) is 96.1 cm³/mol. The van der Waals surface area contributed by atoms with E-state index in [0.29, 0.717) is 24.1 Å². The maximum Gasteiger partial charge on any atom is 0.212 e. The Bertz CT molecular complexity index is 587. The monoisotopic (exact) mass is 333 g/mol. The van der Waals surface area contributed by atoms with Crippen LogP contribution < -0.4 is 10.7 Å². The second kappa shape index (κ2) is 8.62. The number of unbranched alkanes of at least 4 members (excludes halogenated alkanes) is 1. The second-order valence-electron chi connectivity index (χ2n) is 5.11. The maximum absolute atomic E-state index is 12.2. The van der Waals surface area contributed by atoms with E-state index in [-0.39, 0.29) is 5.12 Å². The van der Waals surface area contributed by atoms with Crippen molar-refractivity contribution >= 4 is 28.4 Å². The predicted octanol–water partition coefficient (Wildman–Crippen LogP) is 3.33. The largest absolute Gasteiger partial charge is 0.478 e. The van der Waals surface area contributed by atoms with Gasteiger partial charge in [-0.05, 0) is 30.4 Å². The van der Waals surface area contributed by atoms with Crippen LogP contribution in [0.1, 0.15) is 26.7 Å². The van der Waals surface area contributed by atoms with Crippen LogP contribution in [0.15, 0.2) is 47.4 Å². The zero-order valence-electron chi connectivity index (χ0n) is 13.6. The number of carbonyl (C=O) groups is 1. The Morgan fingerprint density at radius 3 is 2.74 bits per heavy atom. The molecular formula is C17H23N3O2S. The zero-order chi connectivity index (χ0) is 16.7. The van der Waals surface area contributed by atoms with E-state index in [9.17, 15) is 4.79 Å². The molecule has 0 fully saturated rings. The number of ether oxygens (including phenoxy) is 1. The van der Waals surface area contributed by atoms with Gasteiger partial charge in [0.1, 0.15) is 11.8 Å². The fourth-order valence-electron chi connectivity index (χ4n) is 2.13. The van der Waals surface area contributed by atoms with E-state index in [1.54, 1.807) is 11.1 Å². The molecule has 2 rings (SSSR count). The highest BCUT2D eigenvalue weighted by Gasteiger charge is 2.29. The SMILES string of the molecule is CCCCOC1=CC(C(=O)SCC)C(N)=NN1c1ccccc1. The summed E-state index contributed by atoms with van der Waals surface area (Å²) in [6.07, 6.45) is 3.76. The average Bonchev–Trinajstić information content (AvgIpc) is 2.57. The summed E-state index contributed by atoms with van der Waals surface area (Å²) < 4.78 is 5.86. The molecule has 0 aromatic heterocycles. The molecule has 1 aliphatic heterocycles. The Morgan fingerprint density at radius 2 is 2.09 bits per heavy atom. The number of thioether (sulfide) groups is 1. The number of hydrazone groups is 1. The molecule has 1 heterocycles. The third-order valence-corrected chi connectivity index (χ3v) is 4.17. The normalized spacial score (nSPS) is 17.5. The van der Waals surface area contributed by atoms with Gasteiger partial charge in [0.25, 0.3) is 0 Å². The van der Waals surface area contributed by atoms with Crippen LogP contribution in [0.5, 0.6) is 0 Å². The molecule has 2 N–H and O–H groups in total. The van der Waals surface area contributed by atoms with Gasteiger partial charge in [0.15, 0.2) is 0 Å². The minimum absolute atomic E-state index is 0.00180. The Kier molecular flexibility index (Phi) is 6.52. The van der Waals surface area contributed by atoms with Crippen molar-refractivity contribution in [3.05, 3.63) is 42.3 Å². The summed E-state index contributed by atoms with van der Waals surface area (Å²) >= 11 is 1.25. The molecule has 6 heteroatoms. The molecule has 0 radical (unpaired) electrons. The smallest absolute Gasteiger partial charge is 0.212 e. The van der Waals surface area contributed by atoms with Crippen LogP contribution >= 0.6 is 11.8 Å². The Hall–Kier alpha value is -1.95. The highest BCUT2D eigenvalue weighted by molar-refractivity contribution is 8.13. The van der Waals surface area contributed by atoms with E-state index in [4.69, 9.17) is 10.5 Å². The minimum atomic E-state index is -0.531. The molecule has 1 aromatic rings. The van der Waals surface area contributed by atoms with Gasteiger partial charge in [-0.3, -0.25) is 4.79 Å². The number of para-hydroxylation sites is 1. The number of carbonyl (C=O) groups excluding carboxylic acids is 1. The highest BCUT2D eigenvalue weighted by Crippen LogP contribution is 2.27. The lowest BCUT2D eigenvalue weighted by Crippen LogP contribution is -2.37. The second-order valence-corrected chi connectivity index (χ2v) is 6.38. The first-order valence-corrected chi connectivity index (χ1v) is 8.86. The Labute approximate surface area is 141 Å². The Morgan fingerprint density at radius 1 is 1.35 bits per heavy atom. The standard InChI is InChI=1S/C17H23N3O2S/c1-3-5-11-22-15-12-14(17(21)23-4-2)16(18)19-20(15)13-9-7-6-8-10-13/h6-10,12,14H,3-5,11H2,1-2H3,(H2,18,19). The first-order valence-electron chi connectivity index (χ1n) is 7.87. The molecule has 1 aromatic carbocycles. The molecule has 0 spiro atoms. The molecule has 0 aliphatic carbocycles. The number of hydrogen-bond acceptors (Lipinski definition) is 6. The fourth-order valence-corrected chi connectivity index (χ4v) is 2.78. The third-order valence-electron chi connectivity index (χ3n) is 3.34. The lowest BCUT2D eigenvalue weighted by molar-refractivity contribution is -0.111. The van der Waals surface area contributed by atoms with Crippen molar-refractivity contribution in [3.63, 3.8) is 0 Å². The van der Waals surface area contributed by atoms with Crippen molar-refractivity contribution < 1.29 is 9.53 Å². The van der Waals surface area contributed by atoms with Gasteiger partial charge in [-0.2, -0.15) is 10.1 Å². The molecule has 0 saturated heterocycles. The lowest BCUT2D eigenvalue weighted by atomic mass is 10.1. The fraction of sp³-hybridized carbons (Fsp3) is 0.412. The molecule has 124 valence electrons. The summed E-state index contributed by atoms with van der Waals surface area (Å²) in [5, 5.41) is 6.05. The van der Waals surface area contributed by atoms with Gasteiger partial charge in [-0.15, -0.1) is 0 Å². The number of nitrogens with zero attached hydrogens (tertiary/aromatic N) is 2. The van der Waals surface area contributed by atoms with Crippen LogP contribution in [0.25, 0.3) is 0 Å². The van der Waals surface area contributed by atoms with Crippen LogP contribution in [0.2, 0.25) is 0 Å². The first kappa shape index (κ1) is 17.4. The number of rotatable bonds is 7. The highest BCUT2D eigenvalue weighted by atomic mass is 32.2. The molecule has 1 unspecified atom stereocenters. The molecule has 1 atom stereocenters. The number of benzene rings is 1. The van der Waals surface area contributed by atoms with Gasteiger partial charge in [0.2, 0.25) is 11.0 Å². The molecule has 0 saturated carbocycles. The van der Waals surface area contributed by atoms with E-state index in [1.165, 1.54) is 11.8 Å². The van der Waals surface area contributed by atoms with Crippen LogP contribution in [0.3, 0.4) is 0 Å². The summed E-state index contributed by atoms with van der Waals surface area (Å²) in [6, 6.07) is 9.64. The number of nitrogens with two attached hydrogens (primary N) is 1. The summed E-state index contributed by atoms with van der Waals surface area (Å²) in [6.45, 7) is 4.63. The number of anilines is 1. The molecular weight excluding hydrogens is 310 g/mol. The summed E-state index contributed by atoms with van der Waals surface area (Å²) in [7, 11) is 0. The van der Waals surface area contributed by atoms with E-state index in [2.05, 4.69) is 12.0 Å². The van der Waals surface area contributed by atoms with Crippen molar-refractivity contribution in [2.45, 2.75) is 26.7 Å². The number of hydrogen-bond donors (Lipinski definition) is 1. The summed E-state index contributed by atoms with van der Waals surface area (Å²) in [4.78, 5) is 12.2. The number of amidine groups is 1. The molecule has 23 heavy (non-hydrogen) atoms. The molecule has 0 bridgehead atoms. The van der Waals surface area contributed by atoms with Crippen LogP contribution in [-0.4, -0.2) is 23.3 Å². The van der Waals surface area contributed by atoms with E-state index in [0.717, 1.165) is 18.5 Å². The molecule has 5 nitrogen and oxygen atoms in total. The van der Waals surface area contributed by atoms with Crippen LogP contribution in [0, 0.1) is 5.92 Å². The van der Waals surface area contributed by atoms with E-state index in [1.807, 2.05) is 37.3 Å². The van der Waals surface area contributed by atoms with Gasteiger partial charge in [-0.25, -0.2) is 0 Å². The molecule has 0 amide bonds. The van der Waals surface area contributed by atoms with E-state index < -0.39 is 5.92 Å². The zero-order valence-corrected chi connectivity index (χ0v) is 14.4. The van der Waals surface area contributed by atoms with Crippen molar-refractivity contribution in [3.8, 4) is 0 Å². The molecule has 1 aliphatic rings.